The molecule has 1 heterocycles. The molecule has 0 saturated heterocycles. The van der Waals surface area contributed by atoms with Crippen molar-refractivity contribution >= 4 is 17.2 Å². The summed E-state index contributed by atoms with van der Waals surface area (Å²) >= 11 is 1.57. The normalized spacial score (nSPS) is 10.9. The maximum Gasteiger partial charge on any atom is 0.220 e. The van der Waals surface area contributed by atoms with E-state index in [9.17, 15) is 4.79 Å². The monoisotopic (exact) mass is 332 g/mol. The van der Waals surface area contributed by atoms with Gasteiger partial charge in [-0.25, -0.2) is 4.98 Å². The van der Waals surface area contributed by atoms with E-state index in [1.54, 1.807) is 18.3 Å². The lowest BCUT2D eigenvalue weighted by Crippen LogP contribution is -2.34. The molecule has 1 aromatic carbocycles. The number of ether oxygens (including phenoxy) is 1. The van der Waals surface area contributed by atoms with E-state index < -0.39 is 0 Å². The molecule has 0 radical (unpaired) electrons. The molecule has 0 bridgehead atoms. The lowest BCUT2D eigenvalue weighted by Gasteiger charge is -2.24. The summed E-state index contributed by atoms with van der Waals surface area (Å²) in [6.07, 6.45) is 0. The second-order valence-corrected chi connectivity index (χ2v) is 6.90. The molecule has 0 aliphatic rings. The summed E-state index contributed by atoms with van der Waals surface area (Å²) in [6, 6.07) is 6.22. The highest BCUT2D eigenvalue weighted by atomic mass is 32.1. The highest BCUT2D eigenvalue weighted by Crippen LogP contribution is 2.22. The fraction of sp³-hybridized carbons (Fsp3) is 0.444. The largest absolute Gasteiger partial charge is 0.486 e. The Hall–Kier alpha value is -1.88. The van der Waals surface area contributed by atoms with Gasteiger partial charge in [0.25, 0.3) is 0 Å². The van der Waals surface area contributed by atoms with E-state index in [2.05, 4.69) is 24.9 Å². The lowest BCUT2D eigenvalue weighted by atomic mass is 10.1. The number of hydrogen-bond donors (Lipinski definition) is 0. The zero-order valence-corrected chi connectivity index (χ0v) is 15.2. The van der Waals surface area contributed by atoms with Crippen LogP contribution in [0.15, 0.2) is 23.6 Å². The Labute approximate surface area is 142 Å². The van der Waals surface area contributed by atoms with E-state index in [4.69, 9.17) is 4.74 Å². The van der Waals surface area contributed by atoms with E-state index in [1.807, 2.05) is 36.3 Å². The van der Waals surface area contributed by atoms with Crippen molar-refractivity contribution in [3.63, 3.8) is 0 Å². The van der Waals surface area contributed by atoms with Crippen molar-refractivity contribution in [1.29, 1.82) is 0 Å². The molecule has 0 saturated carbocycles. The number of carbonyl (C=O) groups is 1. The third-order valence-electron chi connectivity index (χ3n) is 3.87. The molecule has 5 heteroatoms. The number of nitrogens with zero attached hydrogens (tertiary/aromatic N) is 2. The number of aromatic nitrogens is 1. The number of carbonyl (C=O) groups excluding carboxylic acids is 1. The van der Waals surface area contributed by atoms with Crippen molar-refractivity contribution in [1.82, 2.24) is 9.88 Å². The number of aryl methyl sites for hydroxylation is 1. The first-order chi connectivity index (χ1) is 10.9. The number of thiazole rings is 1. The van der Waals surface area contributed by atoms with Crippen molar-refractivity contribution in [3.8, 4) is 5.75 Å². The van der Waals surface area contributed by atoms with Gasteiger partial charge in [0.15, 0.2) is 0 Å². The molecule has 0 spiro atoms. The summed E-state index contributed by atoms with van der Waals surface area (Å²) in [6.45, 7) is 10.8. The third-order valence-corrected chi connectivity index (χ3v) is 4.74. The molecule has 4 nitrogen and oxygen atoms in total. The van der Waals surface area contributed by atoms with Crippen molar-refractivity contribution in [2.75, 3.05) is 0 Å². The SMILES string of the molecule is CC(=O)N(Cc1csc(COc2cccc(C)c2C)n1)C(C)C. The second kappa shape index (κ2) is 7.59. The van der Waals surface area contributed by atoms with Gasteiger partial charge in [0.05, 0.1) is 12.2 Å². The molecule has 23 heavy (non-hydrogen) atoms. The van der Waals surface area contributed by atoms with Gasteiger partial charge in [-0.15, -0.1) is 11.3 Å². The van der Waals surface area contributed by atoms with Crippen LogP contribution in [0.4, 0.5) is 0 Å². The Balaban J connectivity index is 2.00. The van der Waals surface area contributed by atoms with Crippen LogP contribution in [0.25, 0.3) is 0 Å². The van der Waals surface area contributed by atoms with Crippen LogP contribution in [0.5, 0.6) is 5.75 Å². The van der Waals surface area contributed by atoms with Gasteiger partial charge in [-0.3, -0.25) is 4.79 Å². The van der Waals surface area contributed by atoms with Crippen molar-refractivity contribution in [3.05, 3.63) is 45.4 Å². The number of hydrogen-bond acceptors (Lipinski definition) is 4. The summed E-state index contributed by atoms with van der Waals surface area (Å²) in [7, 11) is 0. The topological polar surface area (TPSA) is 42.4 Å². The minimum Gasteiger partial charge on any atom is -0.486 e. The van der Waals surface area contributed by atoms with Gasteiger partial charge in [0.2, 0.25) is 5.91 Å². The van der Waals surface area contributed by atoms with Crippen molar-refractivity contribution in [2.45, 2.75) is 53.8 Å². The second-order valence-electron chi connectivity index (χ2n) is 5.96. The Morgan fingerprint density at radius 1 is 1.35 bits per heavy atom. The van der Waals surface area contributed by atoms with E-state index >= 15 is 0 Å². The zero-order valence-electron chi connectivity index (χ0n) is 14.4. The van der Waals surface area contributed by atoms with Gasteiger partial charge in [0.1, 0.15) is 17.4 Å². The van der Waals surface area contributed by atoms with E-state index in [0.717, 1.165) is 22.0 Å². The molecule has 0 aliphatic heterocycles. The van der Waals surface area contributed by atoms with Crippen LogP contribution in [0.2, 0.25) is 0 Å². The van der Waals surface area contributed by atoms with Crippen LogP contribution in [-0.2, 0) is 17.9 Å². The van der Waals surface area contributed by atoms with Gasteiger partial charge in [0, 0.05) is 18.3 Å². The molecule has 0 aliphatic carbocycles. The van der Waals surface area contributed by atoms with E-state index in [-0.39, 0.29) is 11.9 Å². The molecule has 0 unspecified atom stereocenters. The maximum absolute atomic E-state index is 11.7. The zero-order chi connectivity index (χ0) is 17.0. The predicted molar refractivity (Wildman–Crippen MR) is 93.7 cm³/mol. The summed E-state index contributed by atoms with van der Waals surface area (Å²) in [5.41, 5.74) is 3.29. The number of rotatable bonds is 6. The quantitative estimate of drug-likeness (QED) is 0.800. The number of amides is 1. The lowest BCUT2D eigenvalue weighted by molar-refractivity contribution is -0.131. The maximum atomic E-state index is 11.7. The summed E-state index contributed by atoms with van der Waals surface area (Å²) in [5, 5.41) is 2.92. The van der Waals surface area contributed by atoms with Crippen LogP contribution in [0.3, 0.4) is 0 Å². The molecular weight excluding hydrogens is 308 g/mol. The average molecular weight is 332 g/mol. The van der Waals surface area contributed by atoms with Gasteiger partial charge >= 0.3 is 0 Å². The molecule has 0 atom stereocenters. The van der Waals surface area contributed by atoms with Crippen LogP contribution in [0.1, 0.15) is 42.6 Å². The fourth-order valence-electron chi connectivity index (χ4n) is 2.34. The van der Waals surface area contributed by atoms with Crippen molar-refractivity contribution < 1.29 is 9.53 Å². The Bertz CT molecular complexity index is 679. The minimum absolute atomic E-state index is 0.0705. The standard InChI is InChI=1S/C18H24N2O2S/c1-12(2)20(15(5)21)9-16-11-23-18(19-16)10-22-17-8-6-7-13(3)14(17)4/h6-8,11-12H,9-10H2,1-5H3. The van der Waals surface area contributed by atoms with Crippen molar-refractivity contribution in [2.24, 2.45) is 0 Å². The predicted octanol–water partition coefficient (Wildman–Crippen LogP) is 4.10. The fourth-order valence-corrected chi connectivity index (χ4v) is 3.04. The van der Waals surface area contributed by atoms with Crippen LogP contribution < -0.4 is 4.74 Å². The Morgan fingerprint density at radius 2 is 2.09 bits per heavy atom. The molecule has 2 rings (SSSR count). The molecule has 0 fully saturated rings. The van der Waals surface area contributed by atoms with Gasteiger partial charge in [-0.05, 0) is 44.9 Å². The van der Waals surface area contributed by atoms with Gasteiger partial charge < -0.3 is 9.64 Å². The van der Waals surface area contributed by atoms with Crippen LogP contribution in [-0.4, -0.2) is 21.8 Å². The molecule has 0 N–H and O–H groups in total. The molecule has 124 valence electrons. The van der Waals surface area contributed by atoms with Gasteiger partial charge in [-0.2, -0.15) is 0 Å². The minimum atomic E-state index is 0.0705. The molecular formula is C18H24N2O2S. The highest BCUT2D eigenvalue weighted by Gasteiger charge is 2.15. The molecule has 2 aromatic rings. The third kappa shape index (κ3) is 4.55. The highest BCUT2D eigenvalue weighted by molar-refractivity contribution is 7.09. The first-order valence-electron chi connectivity index (χ1n) is 7.78. The summed E-state index contributed by atoms with van der Waals surface area (Å²) in [5.74, 6) is 0.968. The summed E-state index contributed by atoms with van der Waals surface area (Å²) < 4.78 is 5.88. The Kier molecular flexibility index (Phi) is 5.77. The Morgan fingerprint density at radius 3 is 2.74 bits per heavy atom. The smallest absolute Gasteiger partial charge is 0.220 e. The van der Waals surface area contributed by atoms with E-state index in [1.165, 1.54) is 5.56 Å². The van der Waals surface area contributed by atoms with Crippen LogP contribution in [0, 0.1) is 13.8 Å². The molecule has 1 amide bonds. The van der Waals surface area contributed by atoms with Crippen LogP contribution >= 0.6 is 11.3 Å². The average Bonchev–Trinajstić information content (AvgIpc) is 2.93. The summed E-state index contributed by atoms with van der Waals surface area (Å²) in [4.78, 5) is 18.0. The van der Waals surface area contributed by atoms with E-state index in [0.29, 0.717) is 13.2 Å². The first kappa shape index (κ1) is 17.5. The number of benzene rings is 1. The van der Waals surface area contributed by atoms with Gasteiger partial charge in [-0.1, -0.05) is 12.1 Å². The first-order valence-corrected chi connectivity index (χ1v) is 8.66. The molecule has 1 aromatic heterocycles.